The Morgan fingerprint density at radius 2 is 2.05 bits per heavy atom. The van der Waals surface area contributed by atoms with Crippen molar-refractivity contribution in [1.29, 1.82) is 0 Å². The summed E-state index contributed by atoms with van der Waals surface area (Å²) in [5.41, 5.74) is 1.39. The van der Waals surface area contributed by atoms with Crippen LogP contribution in [0.4, 0.5) is 0 Å². The van der Waals surface area contributed by atoms with Gasteiger partial charge in [-0.15, -0.1) is 0 Å². The zero-order valence-corrected chi connectivity index (χ0v) is 12.5. The first kappa shape index (κ1) is 14.0. The second kappa shape index (κ2) is 6.64. The predicted molar refractivity (Wildman–Crippen MR) is 81.8 cm³/mol. The average molecular weight is 291 g/mol. The van der Waals surface area contributed by atoms with Crippen LogP contribution < -0.4 is 0 Å². The maximum Gasteiger partial charge on any atom is 0.228 e. The number of carbonyl (C=O) groups excluding carboxylic acids is 1. The van der Waals surface area contributed by atoms with E-state index in [0.717, 1.165) is 38.3 Å². The van der Waals surface area contributed by atoms with Gasteiger partial charge in [-0.3, -0.25) is 4.79 Å². The van der Waals surface area contributed by atoms with Crippen molar-refractivity contribution < 1.29 is 9.53 Å². The molecule has 4 heteroatoms. The fraction of sp³-hybridized carbons (Fsp3) is 0.562. The third-order valence-electron chi connectivity index (χ3n) is 4.10. The van der Waals surface area contributed by atoms with E-state index >= 15 is 0 Å². The van der Waals surface area contributed by atoms with Gasteiger partial charge in [0.15, 0.2) is 0 Å². The first-order valence-electron chi connectivity index (χ1n) is 7.37. The third-order valence-corrected chi connectivity index (χ3v) is 5.43. The Kier molecular flexibility index (Phi) is 4.63. The lowest BCUT2D eigenvalue weighted by atomic mass is 10.1. The fourth-order valence-electron chi connectivity index (χ4n) is 2.91. The van der Waals surface area contributed by atoms with Crippen LogP contribution in [0.3, 0.4) is 0 Å². The molecule has 0 spiro atoms. The molecule has 0 bridgehead atoms. The molecule has 0 aliphatic carbocycles. The maximum atomic E-state index is 12.4. The van der Waals surface area contributed by atoms with Gasteiger partial charge in [0.25, 0.3) is 0 Å². The van der Waals surface area contributed by atoms with Crippen molar-refractivity contribution in [1.82, 2.24) is 4.90 Å². The Balaban J connectivity index is 1.60. The minimum atomic E-state index is 0.105. The second-order valence-corrected chi connectivity index (χ2v) is 6.76. The first-order valence-corrected chi connectivity index (χ1v) is 8.42. The van der Waals surface area contributed by atoms with E-state index in [4.69, 9.17) is 4.74 Å². The summed E-state index contributed by atoms with van der Waals surface area (Å²) in [6, 6.07) is 10.6. The number of hydrogen-bond donors (Lipinski definition) is 0. The van der Waals surface area contributed by atoms with E-state index in [0.29, 0.717) is 17.8 Å². The lowest BCUT2D eigenvalue weighted by Gasteiger charge is -2.23. The van der Waals surface area contributed by atoms with Gasteiger partial charge in [-0.2, -0.15) is 11.8 Å². The molecular formula is C16H21NO2S. The molecule has 2 aliphatic rings. The molecule has 1 aromatic carbocycles. The highest BCUT2D eigenvalue weighted by atomic mass is 32.2. The van der Waals surface area contributed by atoms with E-state index in [-0.39, 0.29) is 5.92 Å². The largest absolute Gasteiger partial charge is 0.381 e. The molecule has 2 heterocycles. The molecule has 0 saturated carbocycles. The molecule has 0 N–H and O–H groups in total. The van der Waals surface area contributed by atoms with Crippen LogP contribution >= 0.6 is 11.8 Å². The molecule has 108 valence electrons. The lowest BCUT2D eigenvalue weighted by molar-refractivity contribution is -0.135. The molecule has 3 rings (SSSR count). The smallest absolute Gasteiger partial charge is 0.228 e. The van der Waals surface area contributed by atoms with E-state index in [2.05, 4.69) is 35.2 Å². The van der Waals surface area contributed by atoms with Crippen LogP contribution in [0.15, 0.2) is 30.3 Å². The number of rotatable bonds is 2. The van der Waals surface area contributed by atoms with Crippen molar-refractivity contribution in [3.63, 3.8) is 0 Å². The Morgan fingerprint density at radius 1 is 1.20 bits per heavy atom. The summed E-state index contributed by atoms with van der Waals surface area (Å²) >= 11 is 1.98. The van der Waals surface area contributed by atoms with Gasteiger partial charge in [-0.05, 0) is 18.4 Å². The number of nitrogens with zero attached hydrogens (tertiary/aromatic N) is 1. The molecule has 1 aromatic rings. The topological polar surface area (TPSA) is 29.5 Å². The minimum Gasteiger partial charge on any atom is -0.381 e. The van der Waals surface area contributed by atoms with Gasteiger partial charge < -0.3 is 9.64 Å². The van der Waals surface area contributed by atoms with Gasteiger partial charge >= 0.3 is 0 Å². The Labute approximate surface area is 124 Å². The minimum absolute atomic E-state index is 0.105. The van der Waals surface area contributed by atoms with Crippen molar-refractivity contribution in [2.24, 2.45) is 5.92 Å². The molecule has 2 fully saturated rings. The predicted octanol–water partition coefficient (Wildman–Crippen LogP) is 2.73. The van der Waals surface area contributed by atoms with Crippen molar-refractivity contribution in [3.8, 4) is 0 Å². The summed E-state index contributed by atoms with van der Waals surface area (Å²) in [4.78, 5) is 14.5. The summed E-state index contributed by atoms with van der Waals surface area (Å²) in [5, 5.41) is 0.522. The maximum absolute atomic E-state index is 12.4. The van der Waals surface area contributed by atoms with E-state index in [1.165, 1.54) is 5.56 Å². The molecule has 3 nitrogen and oxygen atoms in total. The van der Waals surface area contributed by atoms with Crippen LogP contribution in [-0.2, 0) is 9.53 Å². The second-order valence-electron chi connectivity index (χ2n) is 5.44. The molecular weight excluding hydrogens is 270 g/mol. The molecule has 1 amide bonds. The van der Waals surface area contributed by atoms with Crippen LogP contribution in [-0.4, -0.2) is 42.9 Å². The number of benzene rings is 1. The van der Waals surface area contributed by atoms with Crippen LogP contribution in [0.1, 0.15) is 23.7 Å². The Hall–Kier alpha value is -1.00. The van der Waals surface area contributed by atoms with Gasteiger partial charge in [0.2, 0.25) is 5.91 Å². The van der Waals surface area contributed by atoms with Crippen LogP contribution in [0.25, 0.3) is 0 Å². The van der Waals surface area contributed by atoms with Crippen LogP contribution in [0.5, 0.6) is 0 Å². The van der Waals surface area contributed by atoms with Crippen molar-refractivity contribution >= 4 is 17.7 Å². The standard InChI is InChI=1S/C16H21NO2S/c18-16(14-7-10-19-12-14)17-8-6-15(20-11-9-17)13-4-2-1-3-5-13/h1-5,14-15H,6-12H2. The molecule has 2 aliphatic heterocycles. The van der Waals surface area contributed by atoms with Crippen LogP contribution in [0.2, 0.25) is 0 Å². The molecule has 2 unspecified atom stereocenters. The number of carbonyl (C=O) groups is 1. The number of amides is 1. The first-order chi connectivity index (χ1) is 9.84. The monoisotopic (exact) mass is 291 g/mol. The summed E-state index contributed by atoms with van der Waals surface area (Å²) in [6.07, 6.45) is 1.94. The van der Waals surface area contributed by atoms with Gasteiger partial charge in [-0.25, -0.2) is 0 Å². The van der Waals surface area contributed by atoms with E-state index in [1.54, 1.807) is 0 Å². The SMILES string of the molecule is O=C(C1CCOC1)N1CCSC(c2ccccc2)CC1. The van der Waals surface area contributed by atoms with Gasteiger partial charge in [0.1, 0.15) is 0 Å². The van der Waals surface area contributed by atoms with E-state index < -0.39 is 0 Å². The van der Waals surface area contributed by atoms with Gasteiger partial charge in [0.05, 0.1) is 12.5 Å². The van der Waals surface area contributed by atoms with Crippen LogP contribution in [0, 0.1) is 5.92 Å². The fourth-order valence-corrected chi connectivity index (χ4v) is 4.14. The highest BCUT2D eigenvalue weighted by Crippen LogP contribution is 2.34. The molecule has 2 saturated heterocycles. The number of ether oxygens (including phenoxy) is 1. The lowest BCUT2D eigenvalue weighted by Crippen LogP contribution is -2.37. The third kappa shape index (κ3) is 3.18. The van der Waals surface area contributed by atoms with Crippen molar-refractivity contribution in [3.05, 3.63) is 35.9 Å². The van der Waals surface area contributed by atoms with E-state index in [1.807, 2.05) is 11.8 Å². The highest BCUT2D eigenvalue weighted by Gasteiger charge is 2.29. The Bertz CT molecular complexity index is 445. The zero-order valence-electron chi connectivity index (χ0n) is 11.7. The quantitative estimate of drug-likeness (QED) is 0.839. The summed E-state index contributed by atoms with van der Waals surface area (Å²) in [7, 11) is 0. The summed E-state index contributed by atoms with van der Waals surface area (Å²) in [6.45, 7) is 3.11. The number of thioether (sulfide) groups is 1. The Morgan fingerprint density at radius 3 is 2.80 bits per heavy atom. The van der Waals surface area contributed by atoms with Crippen molar-refractivity contribution in [2.75, 3.05) is 32.1 Å². The average Bonchev–Trinajstić information content (AvgIpc) is 2.92. The zero-order chi connectivity index (χ0) is 13.8. The molecule has 0 radical (unpaired) electrons. The van der Waals surface area contributed by atoms with Crippen molar-refractivity contribution in [2.45, 2.75) is 18.1 Å². The van der Waals surface area contributed by atoms with E-state index in [9.17, 15) is 4.79 Å². The highest BCUT2D eigenvalue weighted by molar-refractivity contribution is 7.99. The molecule has 2 atom stereocenters. The molecule has 0 aromatic heterocycles. The molecule has 20 heavy (non-hydrogen) atoms. The summed E-state index contributed by atoms with van der Waals surface area (Å²) < 4.78 is 5.34. The summed E-state index contributed by atoms with van der Waals surface area (Å²) in [5.74, 6) is 1.43. The number of hydrogen-bond acceptors (Lipinski definition) is 3. The normalized spacial score (nSPS) is 27.3. The van der Waals surface area contributed by atoms with Gasteiger partial charge in [0, 0.05) is 30.7 Å². The van der Waals surface area contributed by atoms with Gasteiger partial charge in [-0.1, -0.05) is 30.3 Å².